The number of rotatable bonds is 6. The summed E-state index contributed by atoms with van der Waals surface area (Å²) >= 11 is 0. The number of hydrogen-bond acceptors (Lipinski definition) is 5. The highest BCUT2D eigenvalue weighted by atomic mass is 16.5. The molecule has 2 rings (SSSR count). The van der Waals surface area contributed by atoms with Crippen molar-refractivity contribution < 1.29 is 19.1 Å². The van der Waals surface area contributed by atoms with E-state index in [-0.39, 0.29) is 18.3 Å². The average molecular weight is 304 g/mol. The summed E-state index contributed by atoms with van der Waals surface area (Å²) in [4.78, 5) is 23.2. The van der Waals surface area contributed by atoms with E-state index in [1.807, 2.05) is 13.8 Å². The molecule has 1 N–H and O–H groups in total. The standard InChI is InChI=1S/C17H20O5/c1-3-5-6-16(19)21-10-12-8-17(20)22-15-9-14(18)11(4-2)7-13(12)15/h7-9,18H,3-6,10H2,1-2H3. The molecule has 1 aromatic carbocycles. The second-order valence-corrected chi connectivity index (χ2v) is 5.19. The lowest BCUT2D eigenvalue weighted by Gasteiger charge is -2.09. The van der Waals surface area contributed by atoms with E-state index in [0.717, 1.165) is 18.4 Å². The van der Waals surface area contributed by atoms with Crippen LogP contribution in [0.3, 0.4) is 0 Å². The van der Waals surface area contributed by atoms with Gasteiger partial charge in [0.05, 0.1) is 0 Å². The molecule has 0 unspecified atom stereocenters. The third-order valence-electron chi connectivity index (χ3n) is 3.53. The monoisotopic (exact) mass is 304 g/mol. The molecule has 0 fully saturated rings. The fourth-order valence-corrected chi connectivity index (χ4v) is 2.26. The summed E-state index contributed by atoms with van der Waals surface area (Å²) in [6.45, 7) is 3.95. The topological polar surface area (TPSA) is 76.7 Å². The van der Waals surface area contributed by atoms with E-state index >= 15 is 0 Å². The van der Waals surface area contributed by atoms with Crippen molar-refractivity contribution in [2.24, 2.45) is 0 Å². The molecule has 0 saturated carbocycles. The highest BCUT2D eigenvalue weighted by Gasteiger charge is 2.11. The summed E-state index contributed by atoms with van der Waals surface area (Å²) in [6, 6.07) is 4.52. The van der Waals surface area contributed by atoms with E-state index in [4.69, 9.17) is 9.15 Å². The summed E-state index contributed by atoms with van der Waals surface area (Å²) in [5, 5.41) is 10.5. The van der Waals surface area contributed by atoms with Gasteiger partial charge in [0.1, 0.15) is 17.9 Å². The summed E-state index contributed by atoms with van der Waals surface area (Å²) in [6.07, 6.45) is 2.73. The molecular formula is C17H20O5. The van der Waals surface area contributed by atoms with Crippen LogP contribution in [0.2, 0.25) is 0 Å². The number of carbonyl (C=O) groups is 1. The normalized spacial score (nSPS) is 10.8. The Labute approximate surface area is 128 Å². The van der Waals surface area contributed by atoms with Crippen molar-refractivity contribution in [3.05, 3.63) is 39.7 Å². The Morgan fingerprint density at radius 1 is 1.23 bits per heavy atom. The molecule has 5 nitrogen and oxygen atoms in total. The number of aromatic hydroxyl groups is 1. The first-order valence-electron chi connectivity index (χ1n) is 7.49. The first kappa shape index (κ1) is 16.1. The number of ether oxygens (including phenoxy) is 1. The van der Waals surface area contributed by atoms with Crippen molar-refractivity contribution in [3.8, 4) is 5.75 Å². The predicted octanol–water partition coefficient (Wildman–Crippen LogP) is 3.29. The SMILES string of the molecule is CCCCC(=O)OCc1cc(=O)oc2cc(O)c(CC)cc12. The van der Waals surface area contributed by atoms with Gasteiger partial charge in [-0.15, -0.1) is 0 Å². The van der Waals surface area contributed by atoms with Gasteiger partial charge < -0.3 is 14.3 Å². The van der Waals surface area contributed by atoms with Gasteiger partial charge >= 0.3 is 11.6 Å². The highest BCUT2D eigenvalue weighted by Crippen LogP contribution is 2.27. The number of hydrogen-bond donors (Lipinski definition) is 1. The molecule has 2 aromatic rings. The number of benzene rings is 1. The van der Waals surface area contributed by atoms with Gasteiger partial charge in [-0.2, -0.15) is 0 Å². The zero-order chi connectivity index (χ0) is 16.1. The first-order chi connectivity index (χ1) is 10.5. The van der Waals surface area contributed by atoms with E-state index in [1.165, 1.54) is 12.1 Å². The number of esters is 1. The minimum Gasteiger partial charge on any atom is -0.508 e. The quantitative estimate of drug-likeness (QED) is 0.654. The van der Waals surface area contributed by atoms with Gasteiger partial charge in [-0.05, 0) is 24.5 Å². The largest absolute Gasteiger partial charge is 0.508 e. The third-order valence-corrected chi connectivity index (χ3v) is 3.53. The van der Waals surface area contributed by atoms with E-state index < -0.39 is 5.63 Å². The number of carbonyl (C=O) groups excluding carboxylic acids is 1. The number of unbranched alkanes of at least 4 members (excludes halogenated alkanes) is 1. The van der Waals surface area contributed by atoms with Gasteiger partial charge in [0.25, 0.3) is 0 Å². The van der Waals surface area contributed by atoms with Crippen molar-refractivity contribution in [2.45, 2.75) is 46.1 Å². The highest BCUT2D eigenvalue weighted by molar-refractivity contribution is 5.83. The molecule has 0 spiro atoms. The number of phenolic OH excluding ortho intramolecular Hbond substituents is 1. The molecule has 0 aliphatic rings. The molecular weight excluding hydrogens is 284 g/mol. The minimum absolute atomic E-state index is 0.0264. The lowest BCUT2D eigenvalue weighted by Crippen LogP contribution is -2.07. The summed E-state index contributed by atoms with van der Waals surface area (Å²) in [5.74, 6) is -0.187. The van der Waals surface area contributed by atoms with Gasteiger partial charge in [-0.1, -0.05) is 20.3 Å². The molecule has 0 aliphatic carbocycles. The zero-order valence-corrected chi connectivity index (χ0v) is 12.8. The number of phenols is 1. The van der Waals surface area contributed by atoms with Crippen LogP contribution in [-0.4, -0.2) is 11.1 Å². The van der Waals surface area contributed by atoms with Crippen LogP contribution in [0.4, 0.5) is 0 Å². The third kappa shape index (κ3) is 3.67. The van der Waals surface area contributed by atoms with Crippen LogP contribution < -0.4 is 5.63 Å². The maximum absolute atomic E-state index is 11.6. The van der Waals surface area contributed by atoms with Crippen molar-refractivity contribution in [3.63, 3.8) is 0 Å². The maximum Gasteiger partial charge on any atom is 0.336 e. The molecule has 5 heteroatoms. The van der Waals surface area contributed by atoms with Gasteiger partial charge in [-0.3, -0.25) is 4.79 Å². The van der Waals surface area contributed by atoms with Gasteiger partial charge in [0.15, 0.2) is 0 Å². The van der Waals surface area contributed by atoms with E-state index in [9.17, 15) is 14.7 Å². The second-order valence-electron chi connectivity index (χ2n) is 5.19. The first-order valence-corrected chi connectivity index (χ1v) is 7.49. The summed E-state index contributed by atoms with van der Waals surface area (Å²) in [5.41, 5.74) is 1.10. The van der Waals surface area contributed by atoms with E-state index in [0.29, 0.717) is 29.4 Å². The molecule has 0 radical (unpaired) electrons. The molecule has 0 bridgehead atoms. The van der Waals surface area contributed by atoms with Crippen LogP contribution in [0, 0.1) is 0 Å². The van der Waals surface area contributed by atoms with Gasteiger partial charge in [-0.25, -0.2) is 4.79 Å². The van der Waals surface area contributed by atoms with Crippen LogP contribution in [-0.2, 0) is 22.6 Å². The minimum atomic E-state index is -0.532. The molecule has 118 valence electrons. The maximum atomic E-state index is 11.6. The molecule has 0 atom stereocenters. The Hall–Kier alpha value is -2.30. The molecule has 0 aliphatic heterocycles. The average Bonchev–Trinajstić information content (AvgIpc) is 2.49. The Balaban J connectivity index is 2.32. The van der Waals surface area contributed by atoms with Crippen molar-refractivity contribution >= 4 is 16.9 Å². The fraction of sp³-hybridized carbons (Fsp3) is 0.412. The second kappa shape index (κ2) is 7.11. The van der Waals surface area contributed by atoms with Crippen molar-refractivity contribution in [2.75, 3.05) is 0 Å². The van der Waals surface area contributed by atoms with E-state index in [1.54, 1.807) is 6.07 Å². The Bertz CT molecular complexity index is 730. The van der Waals surface area contributed by atoms with Crippen LogP contribution in [0.15, 0.2) is 27.4 Å². The van der Waals surface area contributed by atoms with Crippen molar-refractivity contribution in [1.29, 1.82) is 0 Å². The van der Waals surface area contributed by atoms with Gasteiger partial charge in [0, 0.05) is 29.5 Å². The fourth-order valence-electron chi connectivity index (χ4n) is 2.26. The summed E-state index contributed by atoms with van der Waals surface area (Å²) < 4.78 is 10.3. The van der Waals surface area contributed by atoms with Crippen LogP contribution in [0.1, 0.15) is 44.2 Å². The molecule has 1 aromatic heterocycles. The summed E-state index contributed by atoms with van der Waals surface area (Å²) in [7, 11) is 0. The molecule has 1 heterocycles. The van der Waals surface area contributed by atoms with Crippen LogP contribution >= 0.6 is 0 Å². The lowest BCUT2D eigenvalue weighted by molar-refractivity contribution is -0.145. The van der Waals surface area contributed by atoms with Crippen molar-refractivity contribution in [1.82, 2.24) is 0 Å². The number of aryl methyl sites for hydroxylation is 1. The Morgan fingerprint density at radius 2 is 2.00 bits per heavy atom. The smallest absolute Gasteiger partial charge is 0.336 e. The van der Waals surface area contributed by atoms with Gasteiger partial charge in [0.2, 0.25) is 0 Å². The lowest BCUT2D eigenvalue weighted by atomic mass is 10.0. The molecule has 0 amide bonds. The molecule has 22 heavy (non-hydrogen) atoms. The number of fused-ring (bicyclic) bond motifs is 1. The van der Waals surface area contributed by atoms with Crippen LogP contribution in [0.5, 0.6) is 5.75 Å². The Kier molecular flexibility index (Phi) is 5.20. The Morgan fingerprint density at radius 3 is 2.68 bits per heavy atom. The molecule has 0 saturated heterocycles. The van der Waals surface area contributed by atoms with E-state index in [2.05, 4.69) is 0 Å². The predicted molar refractivity (Wildman–Crippen MR) is 82.8 cm³/mol. The zero-order valence-electron chi connectivity index (χ0n) is 12.8. The van der Waals surface area contributed by atoms with Crippen LogP contribution in [0.25, 0.3) is 11.0 Å².